The molecule has 0 bridgehead atoms. The van der Waals surface area contributed by atoms with E-state index in [-0.39, 0.29) is 5.97 Å². The van der Waals surface area contributed by atoms with Crippen LogP contribution >= 0.6 is 0 Å². The summed E-state index contributed by atoms with van der Waals surface area (Å²) in [5, 5.41) is 0. The third-order valence-electron chi connectivity index (χ3n) is 5.73. The number of esters is 1. The highest BCUT2D eigenvalue weighted by atomic mass is 16.5. The molecule has 3 nitrogen and oxygen atoms in total. The van der Waals surface area contributed by atoms with Crippen LogP contribution in [0.15, 0.2) is 42.7 Å². The Hall–Kier alpha value is -1.64. The number of nitrogens with zero attached hydrogens (tertiary/aromatic N) is 1. The van der Waals surface area contributed by atoms with Gasteiger partial charge in [0.05, 0.1) is 0 Å². The fraction of sp³-hybridized carbons (Fsp3) is 0.704. The van der Waals surface area contributed by atoms with Gasteiger partial charge in [0.1, 0.15) is 0 Å². The summed E-state index contributed by atoms with van der Waals surface area (Å²) in [6.07, 6.45) is 25.0. The Morgan fingerprint density at radius 2 is 1.20 bits per heavy atom. The first-order valence-electron chi connectivity index (χ1n) is 12.5. The molecule has 170 valence electrons. The summed E-state index contributed by atoms with van der Waals surface area (Å²) >= 11 is 0. The summed E-state index contributed by atoms with van der Waals surface area (Å²) in [5.41, 5.74) is 0.614. The molecule has 0 saturated heterocycles. The van der Waals surface area contributed by atoms with E-state index in [9.17, 15) is 4.79 Å². The lowest BCUT2D eigenvalue weighted by Crippen LogP contribution is -2.35. The van der Waals surface area contributed by atoms with Gasteiger partial charge < -0.3 is 4.74 Å². The fourth-order valence-corrected chi connectivity index (χ4v) is 3.74. The molecule has 1 rings (SSSR count). The molecule has 0 N–H and O–H groups in total. The molecule has 1 heterocycles. The van der Waals surface area contributed by atoms with Gasteiger partial charge >= 0.3 is 5.97 Å². The minimum Gasteiger partial charge on any atom is -0.456 e. The fourth-order valence-electron chi connectivity index (χ4n) is 3.74. The Labute approximate surface area is 185 Å². The van der Waals surface area contributed by atoms with Crippen molar-refractivity contribution in [3.8, 4) is 0 Å². The molecule has 1 aromatic heterocycles. The van der Waals surface area contributed by atoms with E-state index in [1.165, 1.54) is 89.9 Å². The van der Waals surface area contributed by atoms with Crippen LogP contribution < -0.4 is 4.57 Å². The first-order chi connectivity index (χ1) is 14.7. The Balaban J connectivity index is 1.83. The average molecular weight is 417 g/mol. The number of carbonyl (C=O) groups excluding carboxylic acids is 1. The summed E-state index contributed by atoms with van der Waals surface area (Å²) in [6, 6.07) is 5.91. The van der Waals surface area contributed by atoms with Crippen LogP contribution in [-0.4, -0.2) is 12.6 Å². The molecule has 0 spiro atoms. The lowest BCUT2D eigenvalue weighted by Gasteiger charge is -2.06. The van der Waals surface area contributed by atoms with E-state index in [0.717, 1.165) is 12.8 Å². The number of hydrogen-bond donors (Lipinski definition) is 0. The second-order valence-corrected chi connectivity index (χ2v) is 8.55. The number of pyridine rings is 1. The van der Waals surface area contributed by atoms with Crippen molar-refractivity contribution in [1.29, 1.82) is 0 Å². The molecule has 0 atom stereocenters. The van der Waals surface area contributed by atoms with E-state index < -0.39 is 0 Å². The van der Waals surface area contributed by atoms with Crippen molar-refractivity contribution in [1.82, 2.24) is 0 Å². The summed E-state index contributed by atoms with van der Waals surface area (Å²) in [7, 11) is 0. The molecule has 0 aliphatic heterocycles. The lowest BCUT2D eigenvalue weighted by atomic mass is 10.0. The Kier molecular flexibility index (Phi) is 17.0. The Bertz CT molecular complexity index is 541. The van der Waals surface area contributed by atoms with Crippen LogP contribution in [-0.2, 0) is 16.1 Å². The van der Waals surface area contributed by atoms with Gasteiger partial charge in [-0.3, -0.25) is 0 Å². The van der Waals surface area contributed by atoms with Gasteiger partial charge in [0, 0.05) is 17.7 Å². The standard InChI is InChI=1S/C27H46NO2/c1-3-4-5-6-7-8-9-10-11-12-13-14-15-16-18-21-26(2)27(29)30-25-24-28-22-19-17-20-23-28/h17,19-20,22-23H,2-16,18,21,24-25H2,1H3/q+1. The number of aromatic nitrogens is 1. The van der Waals surface area contributed by atoms with Gasteiger partial charge in [-0.05, 0) is 12.8 Å². The van der Waals surface area contributed by atoms with Crippen molar-refractivity contribution in [3.05, 3.63) is 42.7 Å². The monoisotopic (exact) mass is 416 g/mol. The molecule has 0 amide bonds. The van der Waals surface area contributed by atoms with Crippen molar-refractivity contribution < 1.29 is 14.1 Å². The van der Waals surface area contributed by atoms with Crippen LogP contribution in [0.4, 0.5) is 0 Å². The van der Waals surface area contributed by atoms with Crippen LogP contribution in [0.1, 0.15) is 110 Å². The molecule has 30 heavy (non-hydrogen) atoms. The minimum absolute atomic E-state index is 0.239. The van der Waals surface area contributed by atoms with Crippen LogP contribution in [0.25, 0.3) is 0 Å². The summed E-state index contributed by atoms with van der Waals surface area (Å²) in [6.45, 7) is 7.25. The van der Waals surface area contributed by atoms with Gasteiger partial charge in [0.2, 0.25) is 0 Å². The second-order valence-electron chi connectivity index (χ2n) is 8.55. The van der Waals surface area contributed by atoms with Crippen molar-refractivity contribution >= 4 is 5.97 Å². The van der Waals surface area contributed by atoms with Crippen LogP contribution in [0.5, 0.6) is 0 Å². The molecule has 0 unspecified atom stereocenters. The first-order valence-corrected chi connectivity index (χ1v) is 12.5. The number of hydrogen-bond acceptors (Lipinski definition) is 2. The molecule has 0 radical (unpaired) electrons. The van der Waals surface area contributed by atoms with Gasteiger partial charge in [-0.2, -0.15) is 0 Å². The molecule has 0 fully saturated rings. The second kappa shape index (κ2) is 19.3. The van der Waals surface area contributed by atoms with Crippen LogP contribution in [0.3, 0.4) is 0 Å². The van der Waals surface area contributed by atoms with Gasteiger partial charge in [-0.1, -0.05) is 109 Å². The third kappa shape index (κ3) is 15.2. The quantitative estimate of drug-likeness (QED) is 0.0963. The predicted octanol–water partition coefficient (Wildman–Crippen LogP) is 7.34. The molecule has 3 heteroatoms. The van der Waals surface area contributed by atoms with E-state index >= 15 is 0 Å². The van der Waals surface area contributed by atoms with Gasteiger partial charge in [0.15, 0.2) is 25.5 Å². The molecule has 0 saturated carbocycles. The van der Waals surface area contributed by atoms with Crippen LogP contribution in [0.2, 0.25) is 0 Å². The highest BCUT2D eigenvalue weighted by molar-refractivity contribution is 5.87. The van der Waals surface area contributed by atoms with E-state index in [0.29, 0.717) is 18.7 Å². The predicted molar refractivity (Wildman–Crippen MR) is 126 cm³/mol. The molecule has 0 aliphatic carbocycles. The molecule has 0 aliphatic rings. The number of rotatable bonds is 20. The van der Waals surface area contributed by atoms with Gasteiger partial charge in [-0.15, -0.1) is 0 Å². The van der Waals surface area contributed by atoms with E-state index in [2.05, 4.69) is 13.5 Å². The zero-order valence-electron chi connectivity index (χ0n) is 19.6. The molecule has 0 aromatic carbocycles. The molecular formula is C27H46NO2+. The number of unbranched alkanes of at least 4 members (excludes halogenated alkanes) is 14. The van der Waals surface area contributed by atoms with E-state index in [1.54, 1.807) is 0 Å². The van der Waals surface area contributed by atoms with Crippen molar-refractivity contribution in [2.75, 3.05) is 6.61 Å². The smallest absolute Gasteiger partial charge is 0.333 e. The summed E-state index contributed by atoms with van der Waals surface area (Å²) in [4.78, 5) is 12.0. The maximum absolute atomic E-state index is 12.0. The highest BCUT2D eigenvalue weighted by Crippen LogP contribution is 2.15. The summed E-state index contributed by atoms with van der Waals surface area (Å²) in [5.74, 6) is -0.239. The lowest BCUT2D eigenvalue weighted by molar-refractivity contribution is -0.697. The Morgan fingerprint density at radius 1 is 0.733 bits per heavy atom. The van der Waals surface area contributed by atoms with Crippen molar-refractivity contribution in [2.45, 2.75) is 116 Å². The minimum atomic E-state index is -0.239. The SMILES string of the molecule is C=C(CCCCCCCCCCCCCCCCC)C(=O)OCC[n+]1ccccc1. The molecular weight excluding hydrogens is 370 g/mol. The van der Waals surface area contributed by atoms with E-state index in [1.807, 2.05) is 35.2 Å². The van der Waals surface area contributed by atoms with E-state index in [4.69, 9.17) is 4.74 Å². The zero-order chi connectivity index (χ0) is 21.7. The van der Waals surface area contributed by atoms with Crippen molar-refractivity contribution in [2.24, 2.45) is 0 Å². The van der Waals surface area contributed by atoms with Crippen molar-refractivity contribution in [3.63, 3.8) is 0 Å². The zero-order valence-corrected chi connectivity index (χ0v) is 19.6. The first kappa shape index (κ1) is 26.4. The van der Waals surface area contributed by atoms with Gasteiger partial charge in [0.25, 0.3) is 0 Å². The Morgan fingerprint density at radius 3 is 1.70 bits per heavy atom. The number of ether oxygens (including phenoxy) is 1. The highest BCUT2D eigenvalue weighted by Gasteiger charge is 2.09. The van der Waals surface area contributed by atoms with Crippen LogP contribution in [0, 0.1) is 0 Å². The maximum atomic E-state index is 12.0. The summed E-state index contributed by atoms with van der Waals surface area (Å²) < 4.78 is 7.33. The number of carbonyl (C=O) groups is 1. The van der Waals surface area contributed by atoms with Gasteiger partial charge in [-0.25, -0.2) is 9.36 Å². The normalized spacial score (nSPS) is 10.8. The third-order valence-corrected chi connectivity index (χ3v) is 5.73. The topological polar surface area (TPSA) is 30.2 Å². The average Bonchev–Trinajstić information content (AvgIpc) is 2.77. The largest absolute Gasteiger partial charge is 0.456 e. The molecule has 1 aromatic rings. The maximum Gasteiger partial charge on any atom is 0.333 e.